The summed E-state index contributed by atoms with van der Waals surface area (Å²) < 4.78 is 68.8. The lowest BCUT2D eigenvalue weighted by Gasteiger charge is -2.21. The predicted molar refractivity (Wildman–Crippen MR) is 418 cm³/mol. The molecule has 606 valence electrons. The van der Waals surface area contributed by atoms with Crippen molar-refractivity contribution in [2.24, 2.45) is 23.7 Å². The Morgan fingerprint density at radius 1 is 0.275 bits per heavy atom. The minimum absolute atomic E-state index is 0.106. The second-order valence-electron chi connectivity index (χ2n) is 31.3. The lowest BCUT2D eigenvalue weighted by Crippen LogP contribution is -2.30. The van der Waals surface area contributed by atoms with E-state index in [9.17, 15) is 43.2 Å². The van der Waals surface area contributed by atoms with Gasteiger partial charge in [-0.05, 0) is 49.4 Å². The van der Waals surface area contributed by atoms with Crippen LogP contribution in [-0.2, 0) is 65.4 Å². The highest BCUT2D eigenvalue weighted by Crippen LogP contribution is 2.45. The van der Waals surface area contributed by atoms with Crippen molar-refractivity contribution in [3.05, 3.63) is 0 Å². The summed E-state index contributed by atoms with van der Waals surface area (Å²) in [5.74, 6) is 1.04. The van der Waals surface area contributed by atoms with Gasteiger partial charge in [0.2, 0.25) is 0 Å². The van der Waals surface area contributed by atoms with Gasteiger partial charge in [-0.3, -0.25) is 37.3 Å². The molecule has 19 heteroatoms. The quantitative estimate of drug-likeness (QED) is 0.0222. The number of hydrogen-bond acceptors (Lipinski definition) is 15. The first-order valence-electron chi connectivity index (χ1n) is 42.8. The number of esters is 4. The van der Waals surface area contributed by atoms with Gasteiger partial charge >= 0.3 is 39.5 Å². The summed E-state index contributed by atoms with van der Waals surface area (Å²) in [7, 11) is -9.92. The molecular weight excluding hydrogens is 1330 g/mol. The molecule has 4 unspecified atom stereocenters. The van der Waals surface area contributed by atoms with Gasteiger partial charge in [0.1, 0.15) is 19.3 Å². The van der Waals surface area contributed by atoms with Gasteiger partial charge in [0.15, 0.2) is 12.2 Å². The fourth-order valence-corrected chi connectivity index (χ4v) is 14.3. The second kappa shape index (κ2) is 72.0. The molecule has 0 radical (unpaired) electrons. The van der Waals surface area contributed by atoms with Crippen molar-refractivity contribution < 1.29 is 80.2 Å². The van der Waals surface area contributed by atoms with E-state index in [1.54, 1.807) is 0 Å². The van der Waals surface area contributed by atoms with Crippen molar-refractivity contribution in [3.63, 3.8) is 0 Å². The molecule has 0 aromatic carbocycles. The van der Waals surface area contributed by atoms with E-state index in [1.165, 1.54) is 225 Å². The Balaban J connectivity index is 5.20. The van der Waals surface area contributed by atoms with Crippen molar-refractivity contribution in [1.29, 1.82) is 0 Å². The Labute approximate surface area is 626 Å². The van der Waals surface area contributed by atoms with Gasteiger partial charge in [0.25, 0.3) is 0 Å². The van der Waals surface area contributed by atoms with E-state index in [4.69, 9.17) is 37.0 Å². The molecule has 0 amide bonds. The molecule has 0 saturated carbocycles. The van der Waals surface area contributed by atoms with E-state index >= 15 is 0 Å². The molecule has 3 N–H and O–H groups in total. The zero-order chi connectivity index (χ0) is 75.3. The number of hydrogen-bond donors (Lipinski definition) is 3. The number of phosphoric acid groups is 2. The second-order valence-corrected chi connectivity index (χ2v) is 34.2. The number of carbonyl (C=O) groups excluding carboxylic acids is 4. The molecule has 0 bridgehead atoms. The molecular formula is C83H162O17P2. The molecule has 7 atom stereocenters. The smallest absolute Gasteiger partial charge is 0.462 e. The third-order valence-corrected chi connectivity index (χ3v) is 21.9. The zero-order valence-corrected chi connectivity index (χ0v) is 69.0. The van der Waals surface area contributed by atoms with Crippen LogP contribution in [-0.4, -0.2) is 96.7 Å². The number of rotatable bonds is 80. The van der Waals surface area contributed by atoms with Crippen LogP contribution in [0.4, 0.5) is 0 Å². The maximum absolute atomic E-state index is 13.1. The van der Waals surface area contributed by atoms with Gasteiger partial charge in [-0.25, -0.2) is 9.13 Å². The molecule has 0 aromatic heterocycles. The summed E-state index contributed by atoms with van der Waals surface area (Å²) in [4.78, 5) is 73.1. The van der Waals surface area contributed by atoms with E-state index in [0.717, 1.165) is 120 Å². The summed E-state index contributed by atoms with van der Waals surface area (Å²) in [6, 6.07) is 0. The van der Waals surface area contributed by atoms with Gasteiger partial charge in [0, 0.05) is 25.7 Å². The van der Waals surface area contributed by atoms with Crippen LogP contribution in [0.15, 0.2) is 0 Å². The van der Waals surface area contributed by atoms with Crippen LogP contribution in [0, 0.1) is 23.7 Å². The van der Waals surface area contributed by atoms with Crippen LogP contribution in [0.25, 0.3) is 0 Å². The Morgan fingerprint density at radius 2 is 0.471 bits per heavy atom. The average molecular weight is 1490 g/mol. The Kier molecular flexibility index (Phi) is 70.6. The van der Waals surface area contributed by atoms with E-state index in [1.807, 2.05) is 0 Å². The van der Waals surface area contributed by atoms with Gasteiger partial charge < -0.3 is 33.8 Å². The molecule has 17 nitrogen and oxygen atoms in total. The number of aliphatic hydroxyl groups is 1. The van der Waals surface area contributed by atoms with Crippen molar-refractivity contribution in [2.45, 2.75) is 446 Å². The van der Waals surface area contributed by atoms with Crippen molar-refractivity contribution in [2.75, 3.05) is 39.6 Å². The summed E-state index contributed by atoms with van der Waals surface area (Å²) in [5, 5.41) is 10.6. The molecule has 0 rings (SSSR count). The first kappa shape index (κ1) is 100. The molecule has 0 spiro atoms. The number of unbranched alkanes of at least 4 members (excludes halogenated alkanes) is 44. The van der Waals surface area contributed by atoms with Gasteiger partial charge in [-0.1, -0.05) is 376 Å². The summed E-state index contributed by atoms with van der Waals surface area (Å²) >= 11 is 0. The topological polar surface area (TPSA) is 237 Å². The van der Waals surface area contributed by atoms with E-state index in [0.29, 0.717) is 25.7 Å². The first-order valence-corrected chi connectivity index (χ1v) is 45.8. The first-order chi connectivity index (χ1) is 49.2. The van der Waals surface area contributed by atoms with Crippen molar-refractivity contribution in [1.82, 2.24) is 0 Å². The molecule has 0 saturated heterocycles. The van der Waals surface area contributed by atoms with E-state index in [-0.39, 0.29) is 25.7 Å². The number of carbonyl (C=O) groups is 4. The minimum atomic E-state index is -4.96. The maximum Gasteiger partial charge on any atom is 0.472 e. The van der Waals surface area contributed by atoms with Gasteiger partial charge in [-0.2, -0.15) is 0 Å². The molecule has 0 aliphatic heterocycles. The fourth-order valence-electron chi connectivity index (χ4n) is 12.7. The summed E-state index contributed by atoms with van der Waals surface area (Å²) in [6.07, 6.45) is 59.7. The Hall–Kier alpha value is -1.94. The molecule has 102 heavy (non-hydrogen) atoms. The molecule has 0 aromatic rings. The third kappa shape index (κ3) is 73.6. The Bertz CT molecular complexity index is 1990. The van der Waals surface area contributed by atoms with Crippen LogP contribution in [0.1, 0.15) is 428 Å². The molecule has 0 fully saturated rings. The number of phosphoric ester groups is 2. The zero-order valence-electron chi connectivity index (χ0n) is 67.2. The van der Waals surface area contributed by atoms with Crippen LogP contribution < -0.4 is 0 Å². The van der Waals surface area contributed by atoms with Gasteiger partial charge in [0.05, 0.1) is 26.4 Å². The highest BCUT2D eigenvalue weighted by atomic mass is 31.2. The average Bonchev–Trinajstić information content (AvgIpc) is 0.904. The number of ether oxygens (including phenoxy) is 4. The van der Waals surface area contributed by atoms with E-state index in [2.05, 4.69) is 55.4 Å². The normalized spacial score (nSPS) is 14.5. The summed E-state index contributed by atoms with van der Waals surface area (Å²) in [6.45, 7) is 14.3. The molecule has 0 aliphatic rings. The molecule has 0 heterocycles. The number of aliphatic hydroxyl groups excluding tert-OH is 1. The SMILES string of the molecule is CCC(C)CCCCCCCCCCCCCCCCCCCCC(=O)OC[C@H](COP(=O)(O)OC[C@@H](O)COP(=O)(O)OC[C@@H](COC(=O)CCCCCCCCC(C)CC)OC(=O)CCCCCCCCCCCCCCCC(C)C)OC(=O)CCCCCCCCCCCCCC(C)C. The highest BCUT2D eigenvalue weighted by Gasteiger charge is 2.30. The van der Waals surface area contributed by atoms with Crippen LogP contribution in [0.3, 0.4) is 0 Å². The summed E-state index contributed by atoms with van der Waals surface area (Å²) in [5.41, 5.74) is 0. The van der Waals surface area contributed by atoms with Crippen molar-refractivity contribution in [3.8, 4) is 0 Å². The Morgan fingerprint density at radius 3 is 0.696 bits per heavy atom. The lowest BCUT2D eigenvalue weighted by atomic mass is 9.99. The monoisotopic (exact) mass is 1490 g/mol. The van der Waals surface area contributed by atoms with Gasteiger partial charge in [-0.15, -0.1) is 0 Å². The van der Waals surface area contributed by atoms with Crippen LogP contribution >= 0.6 is 15.6 Å². The largest absolute Gasteiger partial charge is 0.472 e. The standard InChI is InChI=1S/C83H162O17P2/c1-9-75(7)61-53-45-37-31-25-19-15-13-11-12-14-16-20-26-32-38-47-55-63-80(85)93-69-78(99-83(88)66-58-50-40-34-28-22-24-30-36-44-52-60-74(5)6)71-97-101(89,90)95-67-77(84)68-96-102(91,92)98-72-79(70-94-81(86)64-56-48-42-41-46-54-62-76(8)10-2)100-82(87)65-57-49-39-33-27-21-17-18-23-29-35-43-51-59-73(3)4/h73-79,84H,9-72H2,1-8H3,(H,89,90)(H,91,92)/t75?,76?,77-,78-,79-/m1/s1. The third-order valence-electron chi connectivity index (χ3n) is 20.0. The highest BCUT2D eigenvalue weighted by molar-refractivity contribution is 7.47. The maximum atomic E-state index is 13.1. The minimum Gasteiger partial charge on any atom is -0.462 e. The van der Waals surface area contributed by atoms with Crippen LogP contribution in [0.5, 0.6) is 0 Å². The predicted octanol–water partition coefficient (Wildman–Crippen LogP) is 24.8. The molecule has 0 aliphatic carbocycles. The lowest BCUT2D eigenvalue weighted by molar-refractivity contribution is -0.161. The van der Waals surface area contributed by atoms with E-state index < -0.39 is 97.5 Å². The fraction of sp³-hybridized carbons (Fsp3) is 0.952. The van der Waals surface area contributed by atoms with Crippen LogP contribution in [0.2, 0.25) is 0 Å². The van der Waals surface area contributed by atoms with Crippen molar-refractivity contribution >= 4 is 39.5 Å².